The van der Waals surface area contributed by atoms with Crippen LogP contribution in [0.4, 0.5) is 10.8 Å². The number of benzene rings is 2. The van der Waals surface area contributed by atoms with Crippen molar-refractivity contribution >= 4 is 49.7 Å². The van der Waals surface area contributed by atoms with Gasteiger partial charge in [-0.2, -0.15) is 0 Å². The third-order valence-electron chi connectivity index (χ3n) is 4.30. The summed E-state index contributed by atoms with van der Waals surface area (Å²) in [7, 11) is -3.78. The Labute approximate surface area is 186 Å². The van der Waals surface area contributed by atoms with Crippen LogP contribution < -0.4 is 10.0 Å². The van der Waals surface area contributed by atoms with Gasteiger partial charge in [0, 0.05) is 22.8 Å². The number of halogens is 1. The van der Waals surface area contributed by atoms with Crippen molar-refractivity contribution in [1.82, 2.24) is 10.1 Å². The second-order valence-corrected chi connectivity index (χ2v) is 9.35. The standard InChI is InChI=1S/C20H15ClN4O4S2/c1-12-17(18(24-29-12)15-4-2-3-5-16(15)21)19(26)23-13-6-8-14(9-7-13)31(27,28)25-20-22-10-11-30-20/h2-11H,1H3,(H,22,25)(H,23,26). The van der Waals surface area contributed by atoms with Gasteiger partial charge in [0.1, 0.15) is 17.0 Å². The van der Waals surface area contributed by atoms with E-state index in [2.05, 4.69) is 20.2 Å². The fraction of sp³-hybridized carbons (Fsp3) is 0.0500. The van der Waals surface area contributed by atoms with Crippen LogP contribution in [0.1, 0.15) is 16.1 Å². The number of amides is 1. The first-order valence-electron chi connectivity index (χ1n) is 8.90. The van der Waals surface area contributed by atoms with Crippen molar-refractivity contribution in [3.8, 4) is 11.3 Å². The SMILES string of the molecule is Cc1onc(-c2ccccc2Cl)c1C(=O)Nc1ccc(S(=O)(=O)Nc2nccs2)cc1. The first-order chi connectivity index (χ1) is 14.8. The van der Waals surface area contributed by atoms with Crippen molar-refractivity contribution in [3.63, 3.8) is 0 Å². The summed E-state index contributed by atoms with van der Waals surface area (Å²) in [5.74, 6) is -0.121. The summed E-state index contributed by atoms with van der Waals surface area (Å²) in [5, 5.41) is 9.08. The number of hydrogen-bond donors (Lipinski definition) is 2. The van der Waals surface area contributed by atoms with E-state index in [4.69, 9.17) is 16.1 Å². The Kier molecular flexibility index (Phi) is 5.77. The molecule has 8 nitrogen and oxygen atoms in total. The average molecular weight is 475 g/mol. The molecule has 11 heteroatoms. The van der Waals surface area contributed by atoms with Crippen LogP contribution in [0.5, 0.6) is 0 Å². The Morgan fingerprint density at radius 3 is 2.55 bits per heavy atom. The van der Waals surface area contributed by atoms with Gasteiger partial charge in [0.05, 0.1) is 9.92 Å². The summed E-state index contributed by atoms with van der Waals surface area (Å²) < 4.78 is 32.5. The molecule has 0 aliphatic carbocycles. The van der Waals surface area contributed by atoms with Gasteiger partial charge in [-0.15, -0.1) is 11.3 Å². The van der Waals surface area contributed by atoms with Crippen LogP contribution in [0.25, 0.3) is 11.3 Å². The molecule has 0 aliphatic rings. The predicted octanol–water partition coefficient (Wildman–Crippen LogP) is 4.81. The van der Waals surface area contributed by atoms with E-state index in [1.54, 1.807) is 36.6 Å². The fourth-order valence-corrected chi connectivity index (χ4v) is 4.85. The van der Waals surface area contributed by atoms with Crippen molar-refractivity contribution in [2.75, 3.05) is 10.0 Å². The molecule has 0 bridgehead atoms. The number of carbonyl (C=O) groups excluding carboxylic acids is 1. The first-order valence-corrected chi connectivity index (χ1v) is 11.6. The summed E-state index contributed by atoms with van der Waals surface area (Å²) in [5.41, 5.74) is 1.55. The summed E-state index contributed by atoms with van der Waals surface area (Å²) in [6.07, 6.45) is 1.50. The zero-order chi connectivity index (χ0) is 22.0. The third-order valence-corrected chi connectivity index (χ3v) is 6.80. The molecule has 4 rings (SSSR count). The molecule has 0 radical (unpaired) electrons. The van der Waals surface area contributed by atoms with Crippen molar-refractivity contribution in [1.29, 1.82) is 0 Å². The second-order valence-electron chi connectivity index (χ2n) is 6.36. The van der Waals surface area contributed by atoms with E-state index in [0.717, 1.165) is 0 Å². The number of carbonyl (C=O) groups is 1. The lowest BCUT2D eigenvalue weighted by atomic mass is 10.1. The van der Waals surface area contributed by atoms with E-state index >= 15 is 0 Å². The Balaban J connectivity index is 1.55. The maximum absolute atomic E-state index is 12.9. The Hall–Kier alpha value is -3.21. The van der Waals surface area contributed by atoms with E-state index in [1.165, 1.54) is 41.8 Å². The lowest BCUT2D eigenvalue weighted by Gasteiger charge is -2.09. The number of hydrogen-bond acceptors (Lipinski definition) is 7. The molecule has 0 saturated heterocycles. The second kappa shape index (κ2) is 8.50. The van der Waals surface area contributed by atoms with E-state index in [0.29, 0.717) is 27.7 Å². The van der Waals surface area contributed by atoms with Gasteiger partial charge in [0.25, 0.3) is 15.9 Å². The minimum Gasteiger partial charge on any atom is -0.360 e. The molecule has 2 N–H and O–H groups in total. The van der Waals surface area contributed by atoms with Gasteiger partial charge < -0.3 is 9.84 Å². The van der Waals surface area contributed by atoms with Crippen molar-refractivity contribution < 1.29 is 17.7 Å². The van der Waals surface area contributed by atoms with Crippen molar-refractivity contribution in [2.45, 2.75) is 11.8 Å². The van der Waals surface area contributed by atoms with Crippen molar-refractivity contribution in [3.05, 3.63) is 76.5 Å². The van der Waals surface area contributed by atoms with Crippen LogP contribution >= 0.6 is 22.9 Å². The highest BCUT2D eigenvalue weighted by Gasteiger charge is 2.23. The number of thiazole rings is 1. The number of aromatic nitrogens is 2. The van der Waals surface area contributed by atoms with Crippen LogP contribution in [0.3, 0.4) is 0 Å². The molecular weight excluding hydrogens is 460 g/mol. The highest BCUT2D eigenvalue weighted by atomic mass is 35.5. The highest BCUT2D eigenvalue weighted by Crippen LogP contribution is 2.31. The van der Waals surface area contributed by atoms with E-state index < -0.39 is 15.9 Å². The lowest BCUT2D eigenvalue weighted by Crippen LogP contribution is -2.15. The number of nitrogens with zero attached hydrogens (tertiary/aromatic N) is 2. The molecule has 2 aromatic carbocycles. The minimum atomic E-state index is -3.78. The van der Waals surface area contributed by atoms with E-state index in [9.17, 15) is 13.2 Å². The zero-order valence-corrected chi connectivity index (χ0v) is 18.4. The van der Waals surface area contributed by atoms with Gasteiger partial charge in [0.2, 0.25) is 0 Å². The highest BCUT2D eigenvalue weighted by molar-refractivity contribution is 7.93. The Morgan fingerprint density at radius 1 is 1.13 bits per heavy atom. The van der Waals surface area contributed by atoms with Crippen LogP contribution in [-0.2, 0) is 10.0 Å². The minimum absolute atomic E-state index is 0.0404. The molecule has 1 amide bonds. The van der Waals surface area contributed by atoms with Crippen LogP contribution in [0.15, 0.2) is 69.5 Å². The lowest BCUT2D eigenvalue weighted by molar-refractivity contribution is 0.102. The monoisotopic (exact) mass is 474 g/mol. The largest absolute Gasteiger partial charge is 0.360 e. The average Bonchev–Trinajstić information content (AvgIpc) is 3.38. The predicted molar refractivity (Wildman–Crippen MR) is 119 cm³/mol. The number of anilines is 2. The topological polar surface area (TPSA) is 114 Å². The smallest absolute Gasteiger partial charge is 0.263 e. The zero-order valence-electron chi connectivity index (χ0n) is 16.0. The molecule has 0 saturated carbocycles. The van der Waals surface area contributed by atoms with E-state index in [1.807, 2.05) is 0 Å². The maximum atomic E-state index is 12.9. The van der Waals surface area contributed by atoms with Gasteiger partial charge in [-0.05, 0) is 37.3 Å². The molecule has 4 aromatic rings. The fourth-order valence-electron chi connectivity index (χ4n) is 2.84. The molecule has 2 heterocycles. The quantitative estimate of drug-likeness (QED) is 0.414. The third kappa shape index (κ3) is 4.46. The van der Waals surface area contributed by atoms with Gasteiger partial charge in [-0.1, -0.05) is 35.0 Å². The van der Waals surface area contributed by atoms with Gasteiger partial charge in [0.15, 0.2) is 5.13 Å². The van der Waals surface area contributed by atoms with Gasteiger partial charge in [-0.3, -0.25) is 9.52 Å². The number of sulfonamides is 1. The molecule has 0 fully saturated rings. The molecule has 31 heavy (non-hydrogen) atoms. The summed E-state index contributed by atoms with van der Waals surface area (Å²) in [4.78, 5) is 16.9. The number of aryl methyl sites for hydroxylation is 1. The molecule has 0 spiro atoms. The molecular formula is C20H15ClN4O4S2. The molecule has 0 aliphatic heterocycles. The Bertz CT molecular complexity index is 1330. The van der Waals surface area contributed by atoms with Crippen molar-refractivity contribution in [2.24, 2.45) is 0 Å². The molecule has 158 valence electrons. The first kappa shape index (κ1) is 21.0. The van der Waals surface area contributed by atoms with E-state index in [-0.39, 0.29) is 15.6 Å². The summed E-state index contributed by atoms with van der Waals surface area (Å²) >= 11 is 7.41. The maximum Gasteiger partial charge on any atom is 0.263 e. The van der Waals surface area contributed by atoms with Crippen LogP contribution in [-0.4, -0.2) is 24.5 Å². The Morgan fingerprint density at radius 2 is 1.87 bits per heavy atom. The normalized spacial score (nSPS) is 11.3. The van der Waals surface area contributed by atoms with Crippen LogP contribution in [0, 0.1) is 6.92 Å². The number of rotatable bonds is 6. The molecule has 0 unspecified atom stereocenters. The van der Waals surface area contributed by atoms with Gasteiger partial charge in [-0.25, -0.2) is 13.4 Å². The number of nitrogens with one attached hydrogen (secondary N) is 2. The molecule has 2 aromatic heterocycles. The molecule has 0 atom stereocenters. The summed E-state index contributed by atoms with van der Waals surface area (Å²) in [6, 6.07) is 12.8. The van der Waals surface area contributed by atoms with Gasteiger partial charge >= 0.3 is 0 Å². The summed E-state index contributed by atoms with van der Waals surface area (Å²) in [6.45, 7) is 1.63. The van der Waals surface area contributed by atoms with Crippen LogP contribution in [0.2, 0.25) is 5.02 Å².